The molecule has 0 spiro atoms. The highest BCUT2D eigenvalue weighted by Gasteiger charge is 2.58. The Balaban J connectivity index is 1.21. The van der Waals surface area contributed by atoms with Crippen molar-refractivity contribution in [2.45, 2.75) is 154 Å². The maximum absolute atomic E-state index is 14.5. The van der Waals surface area contributed by atoms with Gasteiger partial charge in [-0.15, -0.1) is 5.10 Å². The van der Waals surface area contributed by atoms with E-state index in [2.05, 4.69) is 37.8 Å². The number of carbonyl (C=O) groups excluding carboxylic acids is 3. The van der Waals surface area contributed by atoms with Gasteiger partial charge >= 0.3 is 12.1 Å². The highest BCUT2D eigenvalue weighted by molar-refractivity contribution is 6.00. The maximum atomic E-state index is 14.5. The van der Waals surface area contributed by atoms with E-state index in [-0.39, 0.29) is 18.1 Å². The number of aryl methyl sites for hydroxylation is 1. The predicted octanol–water partition coefficient (Wildman–Crippen LogP) is 4.62. The zero-order valence-corrected chi connectivity index (χ0v) is 38.1. The van der Waals surface area contributed by atoms with Crippen molar-refractivity contribution in [1.29, 1.82) is 0 Å². The van der Waals surface area contributed by atoms with Gasteiger partial charge in [0.1, 0.15) is 29.6 Å². The second kappa shape index (κ2) is 20.4. The molecule has 13 atom stereocenters. The summed E-state index contributed by atoms with van der Waals surface area (Å²) in [5.41, 5.74) is 5.86. The summed E-state index contributed by atoms with van der Waals surface area (Å²) in [5, 5.41) is 27.2. The lowest BCUT2D eigenvalue weighted by atomic mass is 9.78. The standard InChI is InChI=1S/C45H67N9O9/c1-10-35-45(8)39(54(43(58)63-45)19-12-11-18-53-25-34(51-52-53)31-14-13-15-32(46)21-31)30(6)49-23-26(2)22-44(7,59-9)40(28(4)37(55)29(5)41(57)61-35)62-42-38(56)33(20-27(3)60-42)50-36-24-47-16-17-48-36/h13-17,21,24-30,33,35,38-40,42,49,56H,10-12,18-20,22-23,46H2,1-9H3,(H,48,50)/t26-,27-,28+,29-,30-,33?,35-,38?,39-,40-,42+,44-,45-/m1/s1. The Morgan fingerprint density at radius 3 is 2.54 bits per heavy atom. The maximum Gasteiger partial charge on any atom is 0.410 e. The number of benzene rings is 1. The van der Waals surface area contributed by atoms with E-state index in [0.29, 0.717) is 63.2 Å². The van der Waals surface area contributed by atoms with E-state index in [1.807, 2.05) is 65.1 Å². The first kappa shape index (κ1) is 47.7. The lowest BCUT2D eigenvalue weighted by Gasteiger charge is -2.46. The SMILES string of the molecule is CC[C@H]1OC(=O)[C@H](C)C(=O)[C@H](C)[C@@H](O[C@@H]2O[C@H](C)CC(Nc3cnccn3)C2O)[C@](C)(OC)C[C@@H](C)CN[C@H](C)[C@H]2N(CCCCn3cc(-c4cccc(N)c4)nn3)C(=O)O[C@]12C. The van der Waals surface area contributed by atoms with Crippen molar-refractivity contribution in [3.8, 4) is 11.3 Å². The van der Waals surface area contributed by atoms with Crippen molar-refractivity contribution in [2.24, 2.45) is 17.8 Å². The number of hydrogen-bond acceptors (Lipinski definition) is 16. The van der Waals surface area contributed by atoms with Gasteiger partial charge in [0.15, 0.2) is 17.7 Å². The van der Waals surface area contributed by atoms with Crippen LogP contribution >= 0.6 is 0 Å². The zero-order chi connectivity index (χ0) is 45.6. The van der Waals surface area contributed by atoms with Crippen LogP contribution in [0.1, 0.15) is 87.5 Å². The topological polar surface area (TPSA) is 227 Å². The number of anilines is 2. The van der Waals surface area contributed by atoms with Crippen LogP contribution < -0.4 is 16.4 Å². The largest absolute Gasteiger partial charge is 0.458 e. The van der Waals surface area contributed by atoms with Crippen molar-refractivity contribution < 1.29 is 43.2 Å². The van der Waals surface area contributed by atoms with Gasteiger partial charge in [0, 0.05) is 55.8 Å². The number of ether oxygens (including phenoxy) is 5. The number of aromatic nitrogens is 5. The fourth-order valence-corrected chi connectivity index (χ4v) is 9.67. The number of nitrogens with two attached hydrogens (primary N) is 1. The Bertz CT molecular complexity index is 2010. The minimum absolute atomic E-state index is 0.0481. The highest BCUT2D eigenvalue weighted by atomic mass is 16.7. The van der Waals surface area contributed by atoms with Crippen molar-refractivity contribution in [3.05, 3.63) is 49.1 Å². The Morgan fingerprint density at radius 1 is 1.08 bits per heavy atom. The smallest absolute Gasteiger partial charge is 0.410 e. The zero-order valence-electron chi connectivity index (χ0n) is 38.1. The number of nitrogens with zero attached hydrogens (tertiary/aromatic N) is 6. The number of hydrogen-bond donors (Lipinski definition) is 4. The van der Waals surface area contributed by atoms with Crippen LogP contribution in [0.15, 0.2) is 49.1 Å². The molecule has 0 aliphatic carbocycles. The first-order chi connectivity index (χ1) is 30.0. The van der Waals surface area contributed by atoms with Gasteiger partial charge < -0.3 is 45.2 Å². The fourth-order valence-electron chi connectivity index (χ4n) is 9.67. The summed E-state index contributed by atoms with van der Waals surface area (Å²) in [5.74, 6) is -2.85. The fraction of sp³-hybridized carbons (Fsp3) is 0.667. The average molecular weight is 878 g/mol. The molecule has 3 fully saturated rings. The number of nitrogen functional groups attached to an aromatic ring is 1. The molecule has 2 unspecified atom stereocenters. The molecule has 6 rings (SSSR count). The van der Waals surface area contributed by atoms with Crippen molar-refractivity contribution in [2.75, 3.05) is 31.2 Å². The summed E-state index contributed by atoms with van der Waals surface area (Å²) in [7, 11) is 1.57. The minimum Gasteiger partial charge on any atom is -0.458 e. The summed E-state index contributed by atoms with van der Waals surface area (Å²) in [6.07, 6.45) is 4.17. The predicted molar refractivity (Wildman–Crippen MR) is 234 cm³/mol. The molecule has 1 amide bonds. The van der Waals surface area contributed by atoms with Crippen LogP contribution in [0.2, 0.25) is 0 Å². The van der Waals surface area contributed by atoms with Gasteiger partial charge in [0.2, 0.25) is 0 Å². The number of nitrogens with one attached hydrogen (secondary N) is 2. The van der Waals surface area contributed by atoms with Crippen LogP contribution in [0.3, 0.4) is 0 Å². The van der Waals surface area contributed by atoms with E-state index < -0.39 is 77.6 Å². The monoisotopic (exact) mass is 878 g/mol. The molecule has 346 valence electrons. The van der Waals surface area contributed by atoms with Gasteiger partial charge in [0.25, 0.3) is 0 Å². The summed E-state index contributed by atoms with van der Waals surface area (Å²) >= 11 is 0. The normalized spacial score (nSPS) is 34.7. The highest BCUT2D eigenvalue weighted by Crippen LogP contribution is 2.40. The number of aliphatic hydroxyl groups is 1. The van der Waals surface area contributed by atoms with Gasteiger partial charge in [0.05, 0.1) is 42.3 Å². The van der Waals surface area contributed by atoms with Crippen molar-refractivity contribution in [3.63, 3.8) is 0 Å². The second-order valence-corrected chi connectivity index (χ2v) is 18.1. The van der Waals surface area contributed by atoms with E-state index in [1.165, 1.54) is 6.92 Å². The number of cyclic esters (lactones) is 1. The van der Waals surface area contributed by atoms with Crippen LogP contribution in [-0.2, 0) is 39.8 Å². The average Bonchev–Trinajstić information content (AvgIpc) is 3.84. The van der Waals surface area contributed by atoms with Gasteiger partial charge in [-0.3, -0.25) is 24.2 Å². The van der Waals surface area contributed by atoms with E-state index in [0.717, 1.165) is 11.3 Å². The number of amides is 1. The molecule has 18 nitrogen and oxygen atoms in total. The lowest BCUT2D eigenvalue weighted by molar-refractivity contribution is -0.287. The van der Waals surface area contributed by atoms with Crippen LogP contribution in [0, 0.1) is 17.8 Å². The molecule has 3 aliphatic rings. The van der Waals surface area contributed by atoms with E-state index in [9.17, 15) is 19.5 Å². The molecule has 0 radical (unpaired) electrons. The minimum atomic E-state index is -1.25. The Kier molecular flexibility index (Phi) is 15.4. The number of carbonyl (C=O) groups is 3. The van der Waals surface area contributed by atoms with Gasteiger partial charge in [-0.1, -0.05) is 38.1 Å². The molecule has 18 heteroatoms. The van der Waals surface area contributed by atoms with Crippen molar-refractivity contribution in [1.82, 2.24) is 35.2 Å². The molecule has 0 bridgehead atoms. The number of fused-ring (bicyclic) bond motifs is 1. The van der Waals surface area contributed by atoms with Crippen LogP contribution in [0.25, 0.3) is 11.3 Å². The van der Waals surface area contributed by atoms with E-state index in [4.69, 9.17) is 29.4 Å². The molecule has 2 aromatic heterocycles. The van der Waals surface area contributed by atoms with Gasteiger partial charge in [-0.25, -0.2) is 9.78 Å². The van der Waals surface area contributed by atoms with Crippen LogP contribution in [0.5, 0.6) is 0 Å². The number of unbranched alkanes of at least 4 members (excludes halogenated alkanes) is 1. The molecule has 3 aliphatic heterocycles. The quantitative estimate of drug-likeness (QED) is 0.0842. The molecule has 3 saturated heterocycles. The van der Waals surface area contributed by atoms with Gasteiger partial charge in [-0.2, -0.15) is 0 Å². The first-order valence-electron chi connectivity index (χ1n) is 22.3. The Labute approximate surface area is 370 Å². The number of ketones is 1. The molecule has 1 aromatic carbocycles. The number of aliphatic hydroxyl groups excluding tert-OH is 1. The van der Waals surface area contributed by atoms with Gasteiger partial charge in [-0.05, 0) is 91.3 Å². The van der Waals surface area contributed by atoms with Crippen LogP contribution in [0.4, 0.5) is 16.3 Å². The molecular formula is C45H67N9O9. The molecule has 3 aromatic rings. The number of esters is 1. The molecule has 5 N–H and O–H groups in total. The van der Waals surface area contributed by atoms with Crippen molar-refractivity contribution >= 4 is 29.4 Å². The third-order valence-corrected chi connectivity index (χ3v) is 13.1. The molecule has 5 heterocycles. The Hall–Kier alpha value is -4.75. The second-order valence-electron chi connectivity index (χ2n) is 18.1. The number of methoxy groups -OCH3 is 1. The third kappa shape index (κ3) is 10.8. The number of Topliss-reactive ketones (excluding diaryl/α,β-unsaturated/α-hetero) is 1. The molecular weight excluding hydrogens is 811 g/mol. The summed E-state index contributed by atoms with van der Waals surface area (Å²) in [6.45, 7) is 16.2. The molecule has 63 heavy (non-hydrogen) atoms. The molecule has 0 saturated carbocycles. The van der Waals surface area contributed by atoms with E-state index >= 15 is 0 Å². The summed E-state index contributed by atoms with van der Waals surface area (Å²) in [4.78, 5) is 52.6. The lowest BCUT2D eigenvalue weighted by Crippen LogP contribution is -2.61. The summed E-state index contributed by atoms with van der Waals surface area (Å²) < 4.78 is 33.4. The third-order valence-electron chi connectivity index (χ3n) is 13.1. The van der Waals surface area contributed by atoms with Crippen LogP contribution in [-0.4, -0.2) is 133 Å². The number of rotatable bonds is 12. The summed E-state index contributed by atoms with van der Waals surface area (Å²) in [6, 6.07) is 6.13. The Morgan fingerprint density at radius 2 is 1.84 bits per heavy atom. The van der Waals surface area contributed by atoms with E-state index in [1.54, 1.807) is 42.2 Å². The first-order valence-corrected chi connectivity index (χ1v) is 22.3.